The zero-order chi connectivity index (χ0) is 27.0. The normalized spacial score (nSPS) is 18.8. The Morgan fingerprint density at radius 1 is 0.897 bits per heavy atom. The van der Waals surface area contributed by atoms with E-state index in [-0.39, 0.29) is 35.8 Å². The number of carbonyl (C=O) groups excluding carboxylic acids is 1. The number of benzene rings is 3. The first-order valence-corrected chi connectivity index (χ1v) is 15.5. The lowest BCUT2D eigenvalue weighted by atomic mass is 9.93. The van der Waals surface area contributed by atoms with Crippen molar-refractivity contribution in [2.75, 3.05) is 39.3 Å². The molecule has 0 radical (unpaired) electrons. The van der Waals surface area contributed by atoms with E-state index in [2.05, 4.69) is 16.3 Å². The van der Waals surface area contributed by atoms with Gasteiger partial charge in [0.15, 0.2) is 0 Å². The van der Waals surface area contributed by atoms with E-state index in [1.54, 1.807) is 40.5 Å². The van der Waals surface area contributed by atoms with E-state index in [1.807, 2.05) is 36.4 Å². The Hall–Kier alpha value is -3.11. The maximum absolute atomic E-state index is 14.1. The molecule has 4 aromatic rings. The molecule has 0 unspecified atom stereocenters. The second-order valence-electron chi connectivity index (χ2n) is 10.1. The minimum atomic E-state index is -3.64. The molecule has 0 bridgehead atoms. The van der Waals surface area contributed by atoms with Crippen molar-refractivity contribution in [3.05, 3.63) is 100.0 Å². The third-order valence-electron chi connectivity index (χ3n) is 7.79. The van der Waals surface area contributed by atoms with Crippen molar-refractivity contribution in [2.24, 2.45) is 0 Å². The fourth-order valence-corrected chi connectivity index (χ4v) is 8.09. The number of fused-ring (bicyclic) bond motifs is 2. The van der Waals surface area contributed by atoms with Crippen LogP contribution in [0.3, 0.4) is 0 Å². The molecule has 1 fully saturated rings. The van der Waals surface area contributed by atoms with Crippen molar-refractivity contribution >= 4 is 38.0 Å². The van der Waals surface area contributed by atoms with Crippen LogP contribution in [-0.2, 0) is 21.2 Å². The molecule has 0 N–H and O–H groups in total. The van der Waals surface area contributed by atoms with Gasteiger partial charge in [0.1, 0.15) is 5.82 Å². The lowest BCUT2D eigenvalue weighted by Gasteiger charge is -2.37. The van der Waals surface area contributed by atoms with Gasteiger partial charge in [-0.25, -0.2) is 12.8 Å². The molecule has 0 saturated carbocycles. The summed E-state index contributed by atoms with van der Waals surface area (Å²) >= 11 is 1.73. The van der Waals surface area contributed by atoms with Crippen LogP contribution >= 0.6 is 11.3 Å². The van der Waals surface area contributed by atoms with Gasteiger partial charge in [-0.3, -0.25) is 9.69 Å². The molecular formula is C30H30FN3O3S2. The number of piperazine rings is 1. The van der Waals surface area contributed by atoms with Crippen LogP contribution < -0.4 is 0 Å². The van der Waals surface area contributed by atoms with Gasteiger partial charge in [-0.05, 0) is 64.0 Å². The number of nitrogens with zero attached hydrogens (tertiary/aromatic N) is 3. The molecule has 2 aliphatic rings. The van der Waals surface area contributed by atoms with E-state index in [0.29, 0.717) is 26.1 Å². The molecule has 6 rings (SSSR count). The smallest absolute Gasteiger partial charge is 0.243 e. The number of amides is 1. The molecule has 1 saturated heterocycles. The first-order chi connectivity index (χ1) is 18.9. The van der Waals surface area contributed by atoms with Crippen molar-refractivity contribution in [3.63, 3.8) is 0 Å². The van der Waals surface area contributed by atoms with Gasteiger partial charge in [0, 0.05) is 50.6 Å². The topological polar surface area (TPSA) is 60.9 Å². The van der Waals surface area contributed by atoms with Gasteiger partial charge in [0.05, 0.1) is 10.9 Å². The zero-order valence-electron chi connectivity index (χ0n) is 21.5. The average Bonchev–Trinajstić information content (AvgIpc) is 3.44. The first-order valence-electron chi connectivity index (χ1n) is 13.2. The Bertz CT molecular complexity index is 1610. The summed E-state index contributed by atoms with van der Waals surface area (Å²) in [5.74, 6) is -0.241. The summed E-state index contributed by atoms with van der Waals surface area (Å²) in [6.07, 6.45) is 1.25. The predicted molar refractivity (Wildman–Crippen MR) is 152 cm³/mol. The van der Waals surface area contributed by atoms with Gasteiger partial charge < -0.3 is 4.90 Å². The third-order valence-corrected chi connectivity index (χ3v) is 10.7. The highest BCUT2D eigenvalue weighted by Crippen LogP contribution is 2.38. The third kappa shape index (κ3) is 5.24. The lowest BCUT2D eigenvalue weighted by Crippen LogP contribution is -2.51. The number of hydrogen-bond acceptors (Lipinski definition) is 5. The fourth-order valence-electron chi connectivity index (χ4n) is 5.73. The quantitative estimate of drug-likeness (QED) is 0.335. The minimum absolute atomic E-state index is 0.0202. The highest BCUT2D eigenvalue weighted by atomic mass is 32.2. The molecule has 0 spiro atoms. The maximum Gasteiger partial charge on any atom is 0.243 e. The lowest BCUT2D eigenvalue weighted by molar-refractivity contribution is -0.132. The van der Waals surface area contributed by atoms with Gasteiger partial charge in [0.2, 0.25) is 15.9 Å². The maximum atomic E-state index is 14.1. The summed E-state index contributed by atoms with van der Waals surface area (Å²) < 4.78 is 42.2. The van der Waals surface area contributed by atoms with Crippen LogP contribution in [-0.4, -0.2) is 67.7 Å². The van der Waals surface area contributed by atoms with Crippen LogP contribution in [0.2, 0.25) is 0 Å². The zero-order valence-corrected chi connectivity index (χ0v) is 23.1. The molecule has 202 valence electrons. The van der Waals surface area contributed by atoms with Crippen LogP contribution in [0.25, 0.3) is 10.8 Å². The van der Waals surface area contributed by atoms with Crippen LogP contribution in [0.15, 0.2) is 83.1 Å². The summed E-state index contributed by atoms with van der Waals surface area (Å²) in [6, 6.07) is 21.7. The highest BCUT2D eigenvalue weighted by Gasteiger charge is 2.32. The van der Waals surface area contributed by atoms with Gasteiger partial charge in [0.25, 0.3) is 0 Å². The molecule has 6 nitrogen and oxygen atoms in total. The van der Waals surface area contributed by atoms with E-state index >= 15 is 0 Å². The Kier molecular flexibility index (Phi) is 7.24. The van der Waals surface area contributed by atoms with Crippen LogP contribution in [0.5, 0.6) is 0 Å². The molecule has 39 heavy (non-hydrogen) atoms. The Balaban J connectivity index is 1.09. The van der Waals surface area contributed by atoms with Gasteiger partial charge in [-0.2, -0.15) is 4.31 Å². The number of rotatable bonds is 6. The van der Waals surface area contributed by atoms with Crippen LogP contribution in [0.4, 0.5) is 4.39 Å². The van der Waals surface area contributed by atoms with Crippen LogP contribution in [0, 0.1) is 5.82 Å². The number of thiophene rings is 1. The standard InChI is InChI=1S/C30H30FN3O3S2/c31-25-7-3-6-24(20-25)30-27-12-19-38-28(27)10-13-33(30)14-11-29(35)32-15-17-34(18-16-32)39(36,37)26-9-8-22-4-1-2-5-23(22)21-26/h1-9,12,19-21,30H,10-11,13-18H2/t30-/m0/s1. The fraction of sp³-hybridized carbons (Fsp3) is 0.300. The molecule has 3 heterocycles. The van der Waals surface area contributed by atoms with Crippen molar-refractivity contribution in [2.45, 2.75) is 23.8 Å². The average molecular weight is 564 g/mol. The largest absolute Gasteiger partial charge is 0.340 e. The van der Waals surface area contributed by atoms with Crippen LogP contribution in [0.1, 0.15) is 28.5 Å². The van der Waals surface area contributed by atoms with E-state index in [9.17, 15) is 17.6 Å². The summed E-state index contributed by atoms with van der Waals surface area (Å²) in [5, 5.41) is 3.96. The van der Waals surface area contributed by atoms with Crippen molar-refractivity contribution in [3.8, 4) is 0 Å². The molecule has 1 atom stereocenters. The Labute approximate surface area is 232 Å². The Morgan fingerprint density at radius 3 is 2.49 bits per heavy atom. The van der Waals surface area contributed by atoms with E-state index < -0.39 is 10.0 Å². The molecule has 2 aliphatic heterocycles. The Morgan fingerprint density at radius 2 is 1.69 bits per heavy atom. The summed E-state index contributed by atoms with van der Waals surface area (Å²) in [4.78, 5) is 18.8. The van der Waals surface area contributed by atoms with E-state index in [4.69, 9.17) is 0 Å². The monoisotopic (exact) mass is 563 g/mol. The second-order valence-corrected chi connectivity index (χ2v) is 13.0. The molecule has 0 aliphatic carbocycles. The molecule has 1 aromatic heterocycles. The highest BCUT2D eigenvalue weighted by molar-refractivity contribution is 7.89. The first kappa shape index (κ1) is 26.1. The predicted octanol–water partition coefficient (Wildman–Crippen LogP) is 4.91. The number of sulfonamides is 1. The van der Waals surface area contributed by atoms with Crippen molar-refractivity contribution in [1.29, 1.82) is 0 Å². The molecular weight excluding hydrogens is 533 g/mol. The van der Waals surface area contributed by atoms with Crippen molar-refractivity contribution < 1.29 is 17.6 Å². The van der Waals surface area contributed by atoms with E-state index in [0.717, 1.165) is 29.3 Å². The summed E-state index contributed by atoms with van der Waals surface area (Å²) in [7, 11) is -3.64. The van der Waals surface area contributed by atoms with Gasteiger partial charge >= 0.3 is 0 Å². The number of carbonyl (C=O) groups is 1. The molecule has 9 heteroatoms. The number of hydrogen-bond donors (Lipinski definition) is 0. The molecule has 3 aromatic carbocycles. The minimum Gasteiger partial charge on any atom is -0.340 e. The second kappa shape index (κ2) is 10.8. The van der Waals surface area contributed by atoms with Crippen molar-refractivity contribution in [1.82, 2.24) is 14.1 Å². The number of halogens is 1. The summed E-state index contributed by atoms with van der Waals surface area (Å²) in [5.41, 5.74) is 2.09. The van der Waals surface area contributed by atoms with Gasteiger partial charge in [-0.15, -0.1) is 11.3 Å². The molecule has 1 amide bonds. The van der Waals surface area contributed by atoms with Gasteiger partial charge in [-0.1, -0.05) is 42.5 Å². The summed E-state index contributed by atoms with van der Waals surface area (Å²) in [6.45, 7) is 2.65. The SMILES string of the molecule is O=C(CCN1CCc2sccc2[C@@H]1c1cccc(F)c1)N1CCN(S(=O)(=O)c2ccc3ccccc3c2)CC1. The van der Waals surface area contributed by atoms with E-state index in [1.165, 1.54) is 20.8 Å².